The molecule has 2 aromatic rings. The minimum Gasteiger partial charge on any atom is -0.294 e. The number of benzene rings is 1. The Morgan fingerprint density at radius 2 is 1.68 bits per heavy atom. The highest BCUT2D eigenvalue weighted by atomic mass is 32.2. The van der Waals surface area contributed by atoms with Gasteiger partial charge in [-0.1, -0.05) is 24.3 Å². The van der Waals surface area contributed by atoms with Crippen LogP contribution in [0.25, 0.3) is 0 Å². The maximum atomic E-state index is 12.1. The van der Waals surface area contributed by atoms with Crippen LogP contribution < -0.4 is 0 Å². The van der Waals surface area contributed by atoms with Crippen LogP contribution in [-0.4, -0.2) is 29.4 Å². The molecule has 0 aliphatic heterocycles. The van der Waals surface area contributed by atoms with Crippen molar-refractivity contribution in [2.24, 2.45) is 0 Å². The highest BCUT2D eigenvalue weighted by Gasteiger charge is 2.17. The summed E-state index contributed by atoms with van der Waals surface area (Å²) < 4.78 is 23.8. The van der Waals surface area contributed by atoms with Crippen LogP contribution >= 0.6 is 0 Å². The molecule has 2 rings (SSSR count). The van der Waals surface area contributed by atoms with Crippen molar-refractivity contribution in [1.29, 1.82) is 0 Å². The van der Waals surface area contributed by atoms with Crippen LogP contribution in [-0.2, 0) is 22.0 Å². The molecule has 22 heavy (non-hydrogen) atoms. The number of ketones is 1. The maximum absolute atomic E-state index is 12.1. The van der Waals surface area contributed by atoms with Gasteiger partial charge in [0, 0.05) is 18.0 Å². The van der Waals surface area contributed by atoms with Crippen molar-refractivity contribution in [3.05, 3.63) is 59.7 Å². The van der Waals surface area contributed by atoms with Gasteiger partial charge in [0.15, 0.2) is 15.6 Å². The third kappa shape index (κ3) is 4.21. The number of hydrogen-bond acceptors (Lipinski definition) is 5. The van der Waals surface area contributed by atoms with Crippen LogP contribution in [0.5, 0.6) is 0 Å². The fourth-order valence-electron chi connectivity index (χ4n) is 1.85. The monoisotopic (exact) mass is 318 g/mol. The lowest BCUT2D eigenvalue weighted by Crippen LogP contribution is -2.16. The molecule has 0 fully saturated rings. The average molecular weight is 318 g/mol. The Morgan fingerprint density at radius 1 is 1.09 bits per heavy atom. The molecule has 1 aromatic heterocycles. The van der Waals surface area contributed by atoms with Gasteiger partial charge in [-0.25, -0.2) is 18.4 Å². The first-order valence-corrected chi connectivity index (χ1v) is 8.69. The summed E-state index contributed by atoms with van der Waals surface area (Å²) in [5, 5.41) is -0.413. The predicted octanol–water partition coefficient (Wildman–Crippen LogP) is 2.23. The van der Waals surface area contributed by atoms with Gasteiger partial charge in [0.25, 0.3) is 0 Å². The molecule has 6 heteroatoms. The van der Waals surface area contributed by atoms with Crippen molar-refractivity contribution >= 4 is 15.6 Å². The van der Waals surface area contributed by atoms with E-state index in [0.717, 1.165) is 0 Å². The molecular formula is C16H18N2O3S. The first-order valence-electron chi connectivity index (χ1n) is 6.98. The molecule has 0 unspecified atom stereocenters. The number of carbonyl (C=O) groups excluding carboxylic acids is 1. The maximum Gasteiger partial charge on any atom is 0.170 e. The second-order valence-corrected chi connectivity index (χ2v) is 7.88. The van der Waals surface area contributed by atoms with E-state index < -0.39 is 15.1 Å². The molecule has 5 nitrogen and oxygen atoms in total. The Kier molecular flexibility index (Phi) is 5.03. The van der Waals surface area contributed by atoms with Crippen LogP contribution in [0.15, 0.2) is 42.7 Å². The van der Waals surface area contributed by atoms with Crippen LogP contribution in [0.3, 0.4) is 0 Å². The molecular weight excluding hydrogens is 300 g/mol. The number of rotatable bonds is 6. The lowest BCUT2D eigenvalue weighted by atomic mass is 10.1. The molecule has 0 N–H and O–H groups in total. The fraction of sp³-hybridized carbons (Fsp3) is 0.312. The first-order chi connectivity index (χ1) is 10.4. The predicted molar refractivity (Wildman–Crippen MR) is 84.3 cm³/mol. The van der Waals surface area contributed by atoms with Crippen molar-refractivity contribution in [3.8, 4) is 0 Å². The molecule has 0 bridgehead atoms. The van der Waals surface area contributed by atoms with Gasteiger partial charge < -0.3 is 0 Å². The minimum absolute atomic E-state index is 0.0130. The largest absolute Gasteiger partial charge is 0.294 e. The van der Waals surface area contributed by atoms with Gasteiger partial charge in [-0.15, -0.1) is 0 Å². The number of sulfone groups is 1. The van der Waals surface area contributed by atoms with E-state index in [-0.39, 0.29) is 18.0 Å². The van der Waals surface area contributed by atoms with Gasteiger partial charge in [0.1, 0.15) is 5.82 Å². The smallest absolute Gasteiger partial charge is 0.170 e. The Hall–Kier alpha value is -2.08. The topological polar surface area (TPSA) is 77.0 Å². The molecule has 0 spiro atoms. The second-order valence-electron chi connectivity index (χ2n) is 5.32. The zero-order chi connectivity index (χ0) is 16.2. The van der Waals surface area contributed by atoms with Gasteiger partial charge in [-0.05, 0) is 25.5 Å². The molecule has 1 heterocycles. The van der Waals surface area contributed by atoms with E-state index in [0.29, 0.717) is 17.0 Å². The van der Waals surface area contributed by atoms with E-state index in [1.54, 1.807) is 56.6 Å². The number of Topliss-reactive ketones (excluding diaryl/α,β-unsaturated/α-hetero) is 1. The Balaban J connectivity index is 2.07. The molecule has 0 radical (unpaired) electrons. The van der Waals surface area contributed by atoms with E-state index in [1.165, 1.54) is 0 Å². The third-order valence-corrected chi connectivity index (χ3v) is 5.47. The van der Waals surface area contributed by atoms with E-state index in [9.17, 15) is 13.2 Å². The Morgan fingerprint density at radius 3 is 2.23 bits per heavy atom. The standard InChI is InChI=1S/C16H18N2O3S/c1-12(2)22(20,21)11-13-4-6-14(7-5-13)15(19)10-16-17-8-3-9-18-16/h3-9,12H,10-11H2,1-2H3. The van der Waals surface area contributed by atoms with E-state index >= 15 is 0 Å². The summed E-state index contributed by atoms with van der Waals surface area (Å²) in [5.74, 6) is 0.365. The first kappa shape index (κ1) is 16.3. The van der Waals surface area contributed by atoms with Crippen LogP contribution in [0.2, 0.25) is 0 Å². The lowest BCUT2D eigenvalue weighted by Gasteiger charge is -2.08. The Labute approximate surface area is 130 Å². The normalized spacial score (nSPS) is 11.6. The molecule has 0 saturated carbocycles. The molecule has 0 atom stereocenters. The quantitative estimate of drug-likeness (QED) is 0.763. The summed E-state index contributed by atoms with van der Waals surface area (Å²) >= 11 is 0. The van der Waals surface area contributed by atoms with Gasteiger partial charge in [-0.2, -0.15) is 0 Å². The molecule has 0 saturated heterocycles. The summed E-state index contributed by atoms with van der Waals surface area (Å²) in [5.41, 5.74) is 1.21. The van der Waals surface area contributed by atoms with E-state index in [4.69, 9.17) is 0 Å². The summed E-state index contributed by atoms with van der Waals surface area (Å²) in [7, 11) is -3.14. The van der Waals surface area contributed by atoms with Gasteiger partial charge in [0.05, 0.1) is 17.4 Å². The zero-order valence-electron chi connectivity index (χ0n) is 12.6. The van der Waals surface area contributed by atoms with Crippen molar-refractivity contribution in [2.45, 2.75) is 31.3 Å². The van der Waals surface area contributed by atoms with Crippen LogP contribution in [0.4, 0.5) is 0 Å². The molecule has 116 valence electrons. The van der Waals surface area contributed by atoms with Gasteiger partial charge >= 0.3 is 0 Å². The molecule has 1 aromatic carbocycles. The number of nitrogens with zero attached hydrogens (tertiary/aromatic N) is 2. The van der Waals surface area contributed by atoms with Crippen molar-refractivity contribution in [2.75, 3.05) is 0 Å². The minimum atomic E-state index is -3.14. The number of aromatic nitrogens is 2. The number of hydrogen-bond donors (Lipinski definition) is 0. The van der Waals surface area contributed by atoms with Crippen molar-refractivity contribution in [3.63, 3.8) is 0 Å². The highest BCUT2D eigenvalue weighted by Crippen LogP contribution is 2.13. The lowest BCUT2D eigenvalue weighted by molar-refractivity contribution is 0.0991. The van der Waals surface area contributed by atoms with Gasteiger partial charge in [-0.3, -0.25) is 4.79 Å². The summed E-state index contributed by atoms with van der Waals surface area (Å²) in [6.07, 6.45) is 3.31. The molecule has 0 amide bonds. The van der Waals surface area contributed by atoms with Crippen molar-refractivity contribution in [1.82, 2.24) is 9.97 Å². The third-order valence-electron chi connectivity index (χ3n) is 3.30. The Bertz CT molecular complexity index is 739. The van der Waals surface area contributed by atoms with E-state index in [1.807, 2.05) is 0 Å². The highest BCUT2D eigenvalue weighted by molar-refractivity contribution is 7.91. The summed E-state index contributed by atoms with van der Waals surface area (Å²) in [6, 6.07) is 8.35. The second kappa shape index (κ2) is 6.79. The van der Waals surface area contributed by atoms with Gasteiger partial charge in [0.2, 0.25) is 0 Å². The van der Waals surface area contributed by atoms with E-state index in [2.05, 4.69) is 9.97 Å². The molecule has 0 aliphatic rings. The fourth-order valence-corrected chi connectivity index (χ4v) is 2.84. The average Bonchev–Trinajstić information content (AvgIpc) is 2.48. The van der Waals surface area contributed by atoms with Crippen molar-refractivity contribution < 1.29 is 13.2 Å². The molecule has 0 aliphatic carbocycles. The SMILES string of the molecule is CC(C)S(=O)(=O)Cc1ccc(C(=O)Cc2ncccn2)cc1. The summed E-state index contributed by atoms with van der Waals surface area (Å²) in [6.45, 7) is 3.32. The van der Waals surface area contributed by atoms with Crippen LogP contribution in [0.1, 0.15) is 35.6 Å². The van der Waals surface area contributed by atoms with Crippen LogP contribution in [0, 0.1) is 0 Å². The number of carbonyl (C=O) groups is 1. The zero-order valence-corrected chi connectivity index (χ0v) is 13.4. The summed E-state index contributed by atoms with van der Waals surface area (Å²) in [4.78, 5) is 20.2.